The zero-order valence-corrected chi connectivity index (χ0v) is 38.1. The molecule has 9 aromatic carbocycles. The van der Waals surface area contributed by atoms with Crippen LogP contribution in [0.2, 0.25) is 0 Å². The molecule has 10 aromatic rings. The van der Waals surface area contributed by atoms with Crippen LogP contribution in [0.5, 0.6) is 0 Å². The molecule has 1 nitrogen and oxygen atoms in total. The minimum absolute atomic E-state index is 0.107. The summed E-state index contributed by atoms with van der Waals surface area (Å²) in [6.45, 7) is 0. The van der Waals surface area contributed by atoms with E-state index >= 15 is 0 Å². The Kier molecular flexibility index (Phi) is 12.3. The van der Waals surface area contributed by atoms with Crippen molar-refractivity contribution < 1.29 is 65.9 Å². The zero-order chi connectivity index (χ0) is 53.4. The summed E-state index contributed by atoms with van der Waals surface area (Å²) >= 11 is 0. The molecule has 0 atom stereocenters. The lowest BCUT2D eigenvalue weighted by atomic mass is 9.89. The highest BCUT2D eigenvalue weighted by Gasteiger charge is 2.38. The van der Waals surface area contributed by atoms with E-state index in [4.69, 9.17) is 0 Å². The van der Waals surface area contributed by atoms with Crippen molar-refractivity contribution in [1.82, 2.24) is 4.57 Å². The molecule has 378 valence electrons. The van der Waals surface area contributed by atoms with E-state index in [1.807, 2.05) is 0 Å². The fourth-order valence-corrected chi connectivity index (χ4v) is 9.69. The van der Waals surface area contributed by atoms with E-state index in [9.17, 15) is 65.9 Å². The maximum absolute atomic E-state index is 14.8. The maximum atomic E-state index is 14.8. The van der Waals surface area contributed by atoms with Gasteiger partial charge in [0.25, 0.3) is 0 Å². The molecule has 0 unspecified atom stereocenters. The molecule has 16 heteroatoms. The lowest BCUT2D eigenvalue weighted by Crippen LogP contribution is -2.10. The van der Waals surface area contributed by atoms with Gasteiger partial charge in [-0.15, -0.1) is 0 Å². The van der Waals surface area contributed by atoms with Crippen molar-refractivity contribution in [3.05, 3.63) is 222 Å². The molecule has 0 radical (unpaired) electrons. The van der Waals surface area contributed by atoms with Gasteiger partial charge in [-0.2, -0.15) is 65.9 Å². The van der Waals surface area contributed by atoms with Crippen LogP contribution in [0.4, 0.5) is 65.9 Å². The first-order chi connectivity index (χ1) is 35.4. The normalized spacial score (nSPS) is 12.7. The Bertz CT molecular complexity index is 3460. The number of para-hydroxylation sites is 1. The standard InChI is InChI=1S/C59H32F15N/c60-55(61,62)47-15-5-1-11-41(47)37-25-35(26-38(29-37)42-12-2-6-16-48(42)56(63,64)65)33-21-23-52-45(31-33)46-32-34(22-24-53(46)75(52)54-20-10-9-19-51(54)59(72,73)74)36-27-39(43-13-3-7-17-49(43)57(66,67)68)30-40(28-36)44-14-4-8-18-50(44)58(69,70)71/h1-32H. The van der Waals surface area contributed by atoms with Crippen LogP contribution >= 0.6 is 0 Å². The SMILES string of the molecule is FC(F)(F)c1ccccc1-c1cc(-c2ccc3c(c2)c2cc(-c4cc(-c5ccccc5C(F)(F)F)cc(-c5ccccc5C(F)(F)F)c4)ccc2n3-c2ccccc2C(F)(F)F)cc(-c2ccccc2C(F)(F)F)c1. The predicted octanol–water partition coefficient (Wildman–Crippen LogP) is 19.9. The van der Waals surface area contributed by atoms with Gasteiger partial charge in [-0.3, -0.25) is 0 Å². The lowest BCUT2D eigenvalue weighted by Gasteiger charge is -2.18. The topological polar surface area (TPSA) is 4.93 Å². The van der Waals surface area contributed by atoms with E-state index in [0.717, 1.165) is 54.6 Å². The number of aromatic nitrogens is 1. The number of rotatable bonds is 7. The molecule has 0 spiro atoms. The minimum atomic E-state index is -4.90. The number of nitrogens with zero attached hydrogens (tertiary/aromatic N) is 1. The number of fused-ring (bicyclic) bond motifs is 3. The van der Waals surface area contributed by atoms with Gasteiger partial charge in [-0.25, -0.2) is 0 Å². The van der Waals surface area contributed by atoms with E-state index < -0.39 is 58.7 Å². The number of hydrogen-bond acceptors (Lipinski definition) is 0. The fraction of sp³-hybridized carbons (Fsp3) is 0.0847. The van der Waals surface area contributed by atoms with Gasteiger partial charge in [0.2, 0.25) is 0 Å². The van der Waals surface area contributed by atoms with E-state index in [2.05, 4.69) is 0 Å². The molecular weight excluding hydrogens is 1010 g/mol. The number of benzene rings is 9. The smallest absolute Gasteiger partial charge is 0.309 e. The second-order valence-electron chi connectivity index (χ2n) is 17.6. The largest absolute Gasteiger partial charge is 0.418 e. The van der Waals surface area contributed by atoms with Crippen molar-refractivity contribution in [2.75, 3.05) is 0 Å². The van der Waals surface area contributed by atoms with Crippen LogP contribution in [0.25, 0.3) is 94.3 Å². The van der Waals surface area contributed by atoms with Crippen molar-refractivity contribution in [2.45, 2.75) is 30.9 Å². The Labute approximate surface area is 416 Å². The molecule has 0 saturated carbocycles. The molecule has 0 amide bonds. The summed E-state index contributed by atoms with van der Waals surface area (Å²) < 4.78 is 221. The molecule has 0 N–H and O–H groups in total. The second kappa shape index (κ2) is 18.3. The average Bonchev–Trinajstić information content (AvgIpc) is 3.70. The van der Waals surface area contributed by atoms with Gasteiger partial charge >= 0.3 is 30.9 Å². The van der Waals surface area contributed by atoms with E-state index in [0.29, 0.717) is 0 Å². The summed E-state index contributed by atoms with van der Waals surface area (Å²) in [5.74, 6) is 0. The summed E-state index contributed by atoms with van der Waals surface area (Å²) in [6, 6.07) is 39.2. The van der Waals surface area contributed by atoms with Crippen molar-refractivity contribution >= 4 is 21.8 Å². The molecule has 10 rings (SSSR count). The van der Waals surface area contributed by atoms with Crippen LogP contribution in [-0.2, 0) is 30.9 Å². The third-order valence-electron chi connectivity index (χ3n) is 12.9. The molecule has 1 heterocycles. The van der Waals surface area contributed by atoms with Crippen molar-refractivity contribution in [1.29, 1.82) is 0 Å². The van der Waals surface area contributed by atoms with Crippen LogP contribution in [-0.4, -0.2) is 4.57 Å². The molecule has 0 fully saturated rings. The monoisotopic (exact) mass is 1040 g/mol. The van der Waals surface area contributed by atoms with Gasteiger partial charge in [0, 0.05) is 10.8 Å². The van der Waals surface area contributed by atoms with Gasteiger partial charge < -0.3 is 4.57 Å². The van der Waals surface area contributed by atoms with Gasteiger partial charge in [-0.1, -0.05) is 97.1 Å². The third kappa shape index (κ3) is 9.60. The van der Waals surface area contributed by atoms with E-state index in [1.165, 1.54) is 144 Å². The summed E-state index contributed by atoms with van der Waals surface area (Å²) in [6.07, 6.45) is -24.5. The summed E-state index contributed by atoms with van der Waals surface area (Å²) in [5, 5.41) is 0.418. The van der Waals surface area contributed by atoms with Crippen molar-refractivity contribution in [3.8, 4) is 72.4 Å². The van der Waals surface area contributed by atoms with Gasteiger partial charge in [0.15, 0.2) is 0 Å². The van der Waals surface area contributed by atoms with Crippen LogP contribution in [0.15, 0.2) is 194 Å². The first kappa shape index (κ1) is 50.3. The van der Waals surface area contributed by atoms with Crippen molar-refractivity contribution in [2.24, 2.45) is 0 Å². The number of alkyl halides is 15. The molecule has 1 aromatic heterocycles. The quantitative estimate of drug-likeness (QED) is 0.140. The fourth-order valence-electron chi connectivity index (χ4n) is 9.69. The van der Waals surface area contributed by atoms with Crippen molar-refractivity contribution in [3.63, 3.8) is 0 Å². The first-order valence-electron chi connectivity index (χ1n) is 22.6. The molecule has 75 heavy (non-hydrogen) atoms. The highest BCUT2D eigenvalue weighted by molar-refractivity contribution is 6.12. The number of hydrogen-bond donors (Lipinski definition) is 0. The molecule has 0 aliphatic rings. The Morgan fingerprint density at radius 3 is 0.773 bits per heavy atom. The Balaban J connectivity index is 1.27. The molecular formula is C59H32F15N. The lowest BCUT2D eigenvalue weighted by molar-refractivity contribution is -0.138. The predicted molar refractivity (Wildman–Crippen MR) is 258 cm³/mol. The first-order valence-corrected chi connectivity index (χ1v) is 22.6. The molecule has 0 aliphatic carbocycles. The average molecular weight is 1040 g/mol. The number of halogens is 15. The van der Waals surface area contributed by atoms with Crippen LogP contribution in [0.1, 0.15) is 27.8 Å². The molecule has 0 saturated heterocycles. The Morgan fingerprint density at radius 2 is 0.480 bits per heavy atom. The Hall–Kier alpha value is -8.27. The third-order valence-corrected chi connectivity index (χ3v) is 12.9. The highest BCUT2D eigenvalue weighted by atomic mass is 19.4. The molecule has 0 aliphatic heterocycles. The van der Waals surface area contributed by atoms with E-state index in [-0.39, 0.29) is 94.3 Å². The Morgan fingerprint density at radius 1 is 0.227 bits per heavy atom. The summed E-state index contributed by atoms with van der Waals surface area (Å²) in [5.41, 5.74) is -6.72. The van der Waals surface area contributed by atoms with Gasteiger partial charge in [-0.05, 0) is 164 Å². The van der Waals surface area contributed by atoms with Gasteiger partial charge in [0.05, 0.1) is 44.5 Å². The highest BCUT2D eigenvalue weighted by Crippen LogP contribution is 2.47. The van der Waals surface area contributed by atoms with Crippen LogP contribution in [0, 0.1) is 0 Å². The summed E-state index contributed by atoms with van der Waals surface area (Å²) in [4.78, 5) is 0. The van der Waals surface area contributed by atoms with E-state index in [1.54, 1.807) is 0 Å². The minimum Gasteiger partial charge on any atom is -0.309 e. The van der Waals surface area contributed by atoms with Crippen LogP contribution < -0.4 is 0 Å². The summed E-state index contributed by atoms with van der Waals surface area (Å²) in [7, 11) is 0. The maximum Gasteiger partial charge on any atom is 0.418 e. The van der Waals surface area contributed by atoms with Crippen LogP contribution in [0.3, 0.4) is 0 Å². The zero-order valence-electron chi connectivity index (χ0n) is 38.1. The second-order valence-corrected chi connectivity index (χ2v) is 17.6. The van der Waals surface area contributed by atoms with Gasteiger partial charge in [0.1, 0.15) is 0 Å². The molecule has 0 bridgehead atoms.